The van der Waals surface area contributed by atoms with Gasteiger partial charge in [-0.25, -0.2) is 0 Å². The molecular weight excluding hydrogens is 607 g/mol. The number of amides is 3. The van der Waals surface area contributed by atoms with Crippen molar-refractivity contribution in [2.24, 2.45) is 11.8 Å². The summed E-state index contributed by atoms with van der Waals surface area (Å²) in [5.74, 6) is 0.301. The van der Waals surface area contributed by atoms with Crippen LogP contribution in [0.5, 0.6) is 0 Å². The summed E-state index contributed by atoms with van der Waals surface area (Å²) < 4.78 is 40.3. The first kappa shape index (κ1) is 28.4. The van der Waals surface area contributed by atoms with E-state index < -0.39 is 36.8 Å². The molecule has 228 valence electrons. The number of hydrogen-bond donors (Lipinski definition) is 4. The molecule has 0 unspecified atom stereocenters. The Labute approximate surface area is 247 Å². The van der Waals surface area contributed by atoms with Gasteiger partial charge in [0, 0.05) is 29.4 Å². The van der Waals surface area contributed by atoms with E-state index in [9.17, 15) is 27.7 Å². The monoisotopic (exact) mass is 635 g/mol. The molecule has 0 bridgehead atoms. The molecule has 3 aromatic rings. The molecule has 4 N–H and O–H groups in total. The molecule has 3 saturated heterocycles. The number of fused-ring (bicyclic) bond motifs is 3. The minimum atomic E-state index is -5.75. The average molecular weight is 636 g/mol. The lowest BCUT2D eigenvalue weighted by atomic mass is 9.97. The minimum Gasteiger partial charge on any atom is -0.340 e. The van der Waals surface area contributed by atoms with Crippen LogP contribution in [0.2, 0.25) is 0 Å². The van der Waals surface area contributed by atoms with E-state index in [2.05, 4.69) is 25.9 Å². The predicted octanol–water partition coefficient (Wildman–Crippen LogP) is 2.16. The van der Waals surface area contributed by atoms with Crippen molar-refractivity contribution < 1.29 is 37.5 Å². The Morgan fingerprint density at radius 1 is 1.12 bits per heavy atom. The summed E-state index contributed by atoms with van der Waals surface area (Å²) in [7, 11) is -5.75. The number of aromatic nitrogens is 4. The van der Waals surface area contributed by atoms with Gasteiger partial charge in [-0.1, -0.05) is 11.3 Å². The highest BCUT2D eigenvalue weighted by Crippen LogP contribution is 2.59. The lowest BCUT2D eigenvalue weighted by Gasteiger charge is -2.42. The second-order valence-electron chi connectivity index (χ2n) is 11.9. The number of thiophene rings is 1. The Kier molecular flexibility index (Phi) is 6.69. The summed E-state index contributed by atoms with van der Waals surface area (Å²) in [6, 6.07) is 3.01. The molecule has 0 radical (unpaired) electrons. The zero-order valence-corrected chi connectivity index (χ0v) is 24.3. The molecule has 4 fully saturated rings. The fourth-order valence-electron chi connectivity index (χ4n) is 6.75. The number of halogens is 2. The number of alkyl halides is 2. The van der Waals surface area contributed by atoms with Crippen molar-refractivity contribution in [2.75, 3.05) is 13.1 Å². The number of hydrogen-bond acceptors (Lipinski definition) is 8. The van der Waals surface area contributed by atoms with Gasteiger partial charge in [-0.2, -0.15) is 14.0 Å². The number of nitrogens with zero attached hydrogens (tertiary/aromatic N) is 5. The number of tetrazole rings is 1. The molecule has 3 aliphatic heterocycles. The molecule has 1 aliphatic carbocycles. The van der Waals surface area contributed by atoms with E-state index in [1.54, 1.807) is 9.80 Å². The normalized spacial score (nSPS) is 27.7. The van der Waals surface area contributed by atoms with E-state index in [4.69, 9.17) is 9.79 Å². The molecule has 17 heteroatoms. The number of aromatic amines is 1. The van der Waals surface area contributed by atoms with Crippen LogP contribution in [0.3, 0.4) is 0 Å². The Bertz CT molecular complexity index is 1660. The summed E-state index contributed by atoms with van der Waals surface area (Å²) in [5.41, 5.74) is -5.23. The van der Waals surface area contributed by atoms with Gasteiger partial charge in [0.15, 0.2) is 5.82 Å². The van der Waals surface area contributed by atoms with Crippen LogP contribution in [0, 0.1) is 11.8 Å². The largest absolute Gasteiger partial charge is 0.399 e. The van der Waals surface area contributed by atoms with Crippen molar-refractivity contribution in [3.63, 3.8) is 0 Å². The molecule has 2 aromatic heterocycles. The van der Waals surface area contributed by atoms with Gasteiger partial charge in [-0.3, -0.25) is 18.9 Å². The summed E-state index contributed by atoms with van der Waals surface area (Å²) in [6.07, 6.45) is 3.51. The van der Waals surface area contributed by atoms with Crippen LogP contribution in [0.25, 0.3) is 10.1 Å². The van der Waals surface area contributed by atoms with E-state index in [-0.39, 0.29) is 34.0 Å². The lowest BCUT2D eigenvalue weighted by Crippen LogP contribution is -2.59. The summed E-state index contributed by atoms with van der Waals surface area (Å²) in [5, 5.41) is 17.0. The van der Waals surface area contributed by atoms with Crippen LogP contribution in [0.4, 0.5) is 8.78 Å². The number of rotatable bonds is 6. The molecule has 7 rings (SSSR count). The third kappa shape index (κ3) is 4.93. The zero-order chi connectivity index (χ0) is 30.3. The van der Waals surface area contributed by atoms with Crippen LogP contribution in [-0.2, 0) is 19.8 Å². The van der Waals surface area contributed by atoms with Crippen LogP contribution >= 0.6 is 18.9 Å². The molecule has 4 aliphatic rings. The van der Waals surface area contributed by atoms with E-state index in [1.807, 2.05) is 0 Å². The van der Waals surface area contributed by atoms with Crippen molar-refractivity contribution in [1.82, 2.24) is 35.7 Å². The van der Waals surface area contributed by atoms with Crippen LogP contribution in [-0.4, -0.2) is 89.1 Å². The molecule has 0 spiro atoms. The Balaban J connectivity index is 1.08. The second-order valence-corrected chi connectivity index (χ2v) is 14.6. The highest BCUT2D eigenvalue weighted by molar-refractivity contribution is 7.52. The summed E-state index contributed by atoms with van der Waals surface area (Å²) >= 11 is 1.03. The van der Waals surface area contributed by atoms with E-state index >= 15 is 0 Å². The zero-order valence-electron chi connectivity index (χ0n) is 22.6. The van der Waals surface area contributed by atoms with Crippen LogP contribution in [0.1, 0.15) is 59.1 Å². The van der Waals surface area contributed by atoms with E-state index in [0.717, 1.165) is 36.3 Å². The standard InChI is InChI=1S/C26H28F2N7O6PS/c27-26(28,42(39,40)41)16-1-4-20-14(6-16)9-21(43-20)23(36)29-18-8-13-5-12(13)7-17-2-3-19(35(17)24(18)37)25(38)34-10-15(11-34)22-30-32-33-31-22/h1,4,6,9,12-13,15,17-19H,2-3,5,7-8,10-11H2,(H,29,36)(H2,39,40,41)(H,30,31,32,33)/t12-,13+,17-,18+,19+/m1/s1. The number of nitrogens with one attached hydrogen (secondary N) is 2. The SMILES string of the molecule is O=C(N[C@H]1C[C@@H]2C[C@@H]2C[C@H]2CC[C@@H](C(=O)N3CC(c4nn[nH]n4)C3)N2C1=O)c1cc2cc(C(F)(F)P(=O)(O)O)ccc2s1. The number of carbonyl (C=O) groups is 3. The maximum atomic E-state index is 14.3. The first-order valence-corrected chi connectivity index (χ1v) is 16.5. The fourth-order valence-corrected chi connectivity index (χ4v) is 8.17. The molecular formula is C26H28F2N7O6PS. The van der Waals surface area contributed by atoms with Gasteiger partial charge in [0.1, 0.15) is 12.1 Å². The fraction of sp³-hybridized carbons (Fsp3) is 0.538. The number of benzene rings is 1. The minimum absolute atomic E-state index is 0.0115. The van der Waals surface area contributed by atoms with Crippen molar-refractivity contribution in [3.05, 3.63) is 40.5 Å². The van der Waals surface area contributed by atoms with Gasteiger partial charge in [0.25, 0.3) is 5.91 Å². The van der Waals surface area contributed by atoms with Crippen LogP contribution < -0.4 is 5.32 Å². The molecule has 1 saturated carbocycles. The second kappa shape index (κ2) is 10.1. The maximum absolute atomic E-state index is 14.3. The molecule has 5 heterocycles. The van der Waals surface area contributed by atoms with Crippen molar-refractivity contribution >= 4 is 46.7 Å². The number of carbonyl (C=O) groups excluding carboxylic acids is 3. The average Bonchev–Trinajstić information content (AvgIpc) is 3.34. The summed E-state index contributed by atoms with van der Waals surface area (Å²) in [4.78, 5) is 62.6. The molecule has 1 aromatic carbocycles. The highest BCUT2D eigenvalue weighted by atomic mass is 32.1. The van der Waals surface area contributed by atoms with Gasteiger partial charge in [-0.15, -0.1) is 21.5 Å². The van der Waals surface area contributed by atoms with Crippen molar-refractivity contribution in [1.29, 1.82) is 0 Å². The molecule has 3 amide bonds. The number of likely N-dealkylation sites (tertiary alicyclic amines) is 1. The van der Waals surface area contributed by atoms with E-state index in [0.29, 0.717) is 54.7 Å². The van der Waals surface area contributed by atoms with Crippen LogP contribution in [0.15, 0.2) is 24.3 Å². The van der Waals surface area contributed by atoms with Crippen molar-refractivity contribution in [3.8, 4) is 0 Å². The first-order chi connectivity index (χ1) is 20.4. The highest BCUT2D eigenvalue weighted by Gasteiger charge is 2.53. The van der Waals surface area contributed by atoms with Gasteiger partial charge >= 0.3 is 13.3 Å². The van der Waals surface area contributed by atoms with Gasteiger partial charge in [0.2, 0.25) is 11.8 Å². The topological polar surface area (TPSA) is 182 Å². The Hall–Kier alpha value is -3.33. The molecule has 5 atom stereocenters. The molecule has 13 nitrogen and oxygen atoms in total. The van der Waals surface area contributed by atoms with Gasteiger partial charge in [0.05, 0.1) is 10.8 Å². The van der Waals surface area contributed by atoms with Gasteiger partial charge < -0.3 is 24.9 Å². The Morgan fingerprint density at radius 3 is 2.60 bits per heavy atom. The molecule has 43 heavy (non-hydrogen) atoms. The quantitative estimate of drug-likeness (QED) is 0.295. The third-order valence-corrected chi connectivity index (χ3v) is 11.3. The smallest absolute Gasteiger partial charge is 0.340 e. The first-order valence-electron chi connectivity index (χ1n) is 14.0. The predicted molar refractivity (Wildman–Crippen MR) is 147 cm³/mol. The van der Waals surface area contributed by atoms with E-state index in [1.165, 1.54) is 12.1 Å². The Morgan fingerprint density at radius 2 is 1.88 bits per heavy atom. The summed E-state index contributed by atoms with van der Waals surface area (Å²) in [6.45, 7) is 0.889. The van der Waals surface area contributed by atoms with Gasteiger partial charge in [-0.05, 0) is 67.5 Å². The lowest BCUT2D eigenvalue weighted by molar-refractivity contribution is -0.149. The number of H-pyrrole nitrogens is 1. The third-order valence-electron chi connectivity index (χ3n) is 9.20. The van der Waals surface area contributed by atoms with Crippen molar-refractivity contribution in [2.45, 2.75) is 61.8 Å². The maximum Gasteiger partial charge on any atom is 0.399 e.